The smallest absolute Gasteiger partial charge is 0.269 e. The number of nitrogens with one attached hydrogen (secondary N) is 2. The Hall–Kier alpha value is -2.35. The van der Waals surface area contributed by atoms with Crippen molar-refractivity contribution >= 4 is 5.82 Å². The molecular formula is C9H12N6O2. The summed E-state index contributed by atoms with van der Waals surface area (Å²) in [6.07, 6.45) is 1.31. The Morgan fingerprint density at radius 2 is 2.24 bits per heavy atom. The average molecular weight is 236 g/mol. The molecule has 0 aliphatic rings. The number of hydrogen-bond donors (Lipinski definition) is 3. The minimum absolute atomic E-state index is 0.238. The third kappa shape index (κ3) is 2.26. The molecule has 0 bridgehead atoms. The van der Waals surface area contributed by atoms with Crippen LogP contribution in [0.1, 0.15) is 5.69 Å². The molecule has 0 aliphatic heterocycles. The van der Waals surface area contributed by atoms with Gasteiger partial charge in [0.15, 0.2) is 5.82 Å². The molecule has 4 N–H and O–H groups in total. The second-order valence-electron chi connectivity index (χ2n) is 3.20. The maximum absolute atomic E-state index is 5.45. The van der Waals surface area contributed by atoms with Gasteiger partial charge >= 0.3 is 0 Å². The van der Waals surface area contributed by atoms with E-state index in [1.54, 1.807) is 6.07 Å². The molecule has 0 saturated carbocycles. The molecule has 0 amide bonds. The second-order valence-corrected chi connectivity index (χ2v) is 3.20. The van der Waals surface area contributed by atoms with E-state index in [0.717, 1.165) is 5.69 Å². The van der Waals surface area contributed by atoms with Crippen LogP contribution >= 0.6 is 0 Å². The van der Waals surface area contributed by atoms with E-state index in [9.17, 15) is 0 Å². The summed E-state index contributed by atoms with van der Waals surface area (Å²) in [5.74, 6) is 6.58. The molecule has 2 aromatic heterocycles. The largest absolute Gasteiger partial charge is 0.489 e. The lowest BCUT2D eigenvalue weighted by Crippen LogP contribution is -2.11. The van der Waals surface area contributed by atoms with E-state index in [2.05, 4.69) is 25.6 Å². The molecule has 0 saturated heterocycles. The molecule has 2 heterocycles. The molecule has 0 radical (unpaired) electrons. The highest BCUT2D eigenvalue weighted by molar-refractivity contribution is 5.54. The van der Waals surface area contributed by atoms with Gasteiger partial charge in [-0.05, 0) is 6.92 Å². The van der Waals surface area contributed by atoms with E-state index in [1.807, 2.05) is 6.92 Å². The number of ether oxygens (including phenoxy) is 2. The number of hydrogen-bond acceptors (Lipinski definition) is 7. The highest BCUT2D eigenvalue weighted by Crippen LogP contribution is 2.32. The van der Waals surface area contributed by atoms with Crippen LogP contribution in [0.2, 0.25) is 0 Å². The minimum atomic E-state index is 0.238. The van der Waals surface area contributed by atoms with Gasteiger partial charge < -0.3 is 14.9 Å². The molecule has 0 atom stereocenters. The van der Waals surface area contributed by atoms with Gasteiger partial charge in [-0.15, -0.1) is 5.10 Å². The van der Waals surface area contributed by atoms with E-state index in [4.69, 9.17) is 15.3 Å². The van der Waals surface area contributed by atoms with Crippen molar-refractivity contribution in [2.45, 2.75) is 6.92 Å². The summed E-state index contributed by atoms with van der Waals surface area (Å²) < 4.78 is 10.6. The number of nitrogen functional groups attached to an aromatic ring is 1. The third-order valence-electron chi connectivity index (χ3n) is 2.00. The monoisotopic (exact) mass is 236 g/mol. The number of aryl methyl sites for hydroxylation is 1. The summed E-state index contributed by atoms with van der Waals surface area (Å²) >= 11 is 0. The van der Waals surface area contributed by atoms with Crippen molar-refractivity contribution in [3.05, 3.63) is 18.1 Å². The zero-order valence-electron chi connectivity index (χ0n) is 9.39. The second kappa shape index (κ2) is 4.66. The van der Waals surface area contributed by atoms with E-state index in [-0.39, 0.29) is 5.88 Å². The molecule has 0 unspecified atom stereocenters. The fourth-order valence-corrected chi connectivity index (χ4v) is 1.26. The molecule has 0 aliphatic carbocycles. The van der Waals surface area contributed by atoms with Crippen LogP contribution in [0.25, 0.3) is 0 Å². The fourth-order valence-electron chi connectivity index (χ4n) is 1.26. The number of aromatic amines is 1. The van der Waals surface area contributed by atoms with Gasteiger partial charge in [-0.1, -0.05) is 0 Å². The van der Waals surface area contributed by atoms with Gasteiger partial charge in [0.1, 0.15) is 6.33 Å². The van der Waals surface area contributed by atoms with Crippen LogP contribution in [-0.4, -0.2) is 27.3 Å². The lowest BCUT2D eigenvalue weighted by molar-refractivity contribution is 0.363. The Morgan fingerprint density at radius 1 is 1.41 bits per heavy atom. The molecular weight excluding hydrogens is 224 g/mol. The number of nitrogens with zero attached hydrogens (tertiary/aromatic N) is 3. The third-order valence-corrected chi connectivity index (χ3v) is 2.00. The number of aromatic nitrogens is 4. The molecule has 2 aromatic rings. The number of rotatable bonds is 4. The van der Waals surface area contributed by atoms with Crippen molar-refractivity contribution in [2.75, 3.05) is 12.5 Å². The van der Waals surface area contributed by atoms with Crippen LogP contribution in [0.15, 0.2) is 12.4 Å². The van der Waals surface area contributed by atoms with Gasteiger partial charge in [-0.2, -0.15) is 4.98 Å². The van der Waals surface area contributed by atoms with Crippen molar-refractivity contribution in [1.82, 2.24) is 20.2 Å². The SMILES string of the molecule is COc1c(NN)ncnc1Oc1cc(C)[nH]n1. The molecule has 0 spiro atoms. The van der Waals surface area contributed by atoms with E-state index in [1.165, 1.54) is 13.4 Å². The Bertz CT molecular complexity index is 512. The highest BCUT2D eigenvalue weighted by Gasteiger charge is 2.14. The van der Waals surface area contributed by atoms with Crippen molar-refractivity contribution in [1.29, 1.82) is 0 Å². The summed E-state index contributed by atoms with van der Waals surface area (Å²) in [4.78, 5) is 7.85. The zero-order chi connectivity index (χ0) is 12.3. The van der Waals surface area contributed by atoms with Gasteiger partial charge in [0.2, 0.25) is 11.6 Å². The zero-order valence-corrected chi connectivity index (χ0v) is 9.39. The molecule has 17 heavy (non-hydrogen) atoms. The first kappa shape index (κ1) is 11.1. The summed E-state index contributed by atoms with van der Waals surface area (Å²) in [6.45, 7) is 1.87. The topological polar surface area (TPSA) is 111 Å². The minimum Gasteiger partial charge on any atom is -0.489 e. The Morgan fingerprint density at radius 3 is 2.82 bits per heavy atom. The number of hydrazine groups is 1. The van der Waals surface area contributed by atoms with E-state index < -0.39 is 0 Å². The van der Waals surface area contributed by atoms with Crippen molar-refractivity contribution in [3.63, 3.8) is 0 Å². The van der Waals surface area contributed by atoms with Crippen LogP contribution < -0.4 is 20.7 Å². The molecule has 90 valence electrons. The van der Waals surface area contributed by atoms with Crippen LogP contribution in [-0.2, 0) is 0 Å². The number of methoxy groups -OCH3 is 1. The highest BCUT2D eigenvalue weighted by atomic mass is 16.5. The summed E-state index contributed by atoms with van der Waals surface area (Å²) in [6, 6.07) is 1.73. The van der Waals surface area contributed by atoms with Gasteiger partial charge in [0.05, 0.1) is 7.11 Å². The first-order valence-electron chi connectivity index (χ1n) is 4.80. The van der Waals surface area contributed by atoms with Crippen LogP contribution in [0.3, 0.4) is 0 Å². The van der Waals surface area contributed by atoms with Crippen LogP contribution in [0, 0.1) is 6.92 Å². The van der Waals surface area contributed by atoms with E-state index in [0.29, 0.717) is 17.4 Å². The molecule has 0 fully saturated rings. The standard InChI is InChI=1S/C9H12N6O2/c1-5-3-6(15-14-5)17-9-7(16-2)8(13-10)11-4-12-9/h3-4H,10H2,1-2H3,(H,14,15)(H,11,12,13). The Kier molecular flexibility index (Phi) is 3.06. The Labute approximate surface area is 97.1 Å². The first-order chi connectivity index (χ1) is 8.24. The normalized spacial score (nSPS) is 10.1. The van der Waals surface area contributed by atoms with Gasteiger partial charge in [0, 0.05) is 11.8 Å². The maximum atomic E-state index is 5.45. The maximum Gasteiger partial charge on any atom is 0.269 e. The summed E-state index contributed by atoms with van der Waals surface area (Å²) in [5.41, 5.74) is 3.27. The number of H-pyrrole nitrogens is 1. The van der Waals surface area contributed by atoms with Crippen molar-refractivity contribution < 1.29 is 9.47 Å². The van der Waals surface area contributed by atoms with Crippen LogP contribution in [0.5, 0.6) is 17.5 Å². The fraction of sp³-hybridized carbons (Fsp3) is 0.222. The predicted octanol–water partition coefficient (Wildman–Crippen LogP) is 0.595. The lowest BCUT2D eigenvalue weighted by Gasteiger charge is -2.09. The molecule has 0 aromatic carbocycles. The quantitative estimate of drug-likeness (QED) is 0.526. The van der Waals surface area contributed by atoms with Crippen LogP contribution in [0.4, 0.5) is 5.82 Å². The average Bonchev–Trinajstić information content (AvgIpc) is 2.74. The molecule has 8 heteroatoms. The van der Waals surface area contributed by atoms with Crippen molar-refractivity contribution in [2.24, 2.45) is 5.84 Å². The van der Waals surface area contributed by atoms with Gasteiger partial charge in [-0.25, -0.2) is 10.8 Å². The number of nitrogens with two attached hydrogens (primary N) is 1. The lowest BCUT2D eigenvalue weighted by atomic mass is 10.5. The molecule has 2 rings (SSSR count). The first-order valence-corrected chi connectivity index (χ1v) is 4.80. The van der Waals surface area contributed by atoms with E-state index >= 15 is 0 Å². The van der Waals surface area contributed by atoms with Crippen molar-refractivity contribution in [3.8, 4) is 17.5 Å². The Balaban J connectivity index is 2.32. The number of anilines is 1. The molecule has 8 nitrogen and oxygen atoms in total. The predicted molar refractivity (Wildman–Crippen MR) is 59.8 cm³/mol. The van der Waals surface area contributed by atoms with Gasteiger partial charge in [-0.3, -0.25) is 5.10 Å². The van der Waals surface area contributed by atoms with Gasteiger partial charge in [0.25, 0.3) is 5.88 Å². The summed E-state index contributed by atoms with van der Waals surface area (Å²) in [5, 5.41) is 6.68. The summed E-state index contributed by atoms with van der Waals surface area (Å²) in [7, 11) is 1.47.